The molecule has 150 valence electrons. The van der Waals surface area contributed by atoms with Crippen molar-refractivity contribution < 1.29 is 4.79 Å². The van der Waals surface area contributed by atoms with E-state index in [1.807, 2.05) is 0 Å². The van der Waals surface area contributed by atoms with Crippen LogP contribution < -0.4 is 10.2 Å². The quantitative estimate of drug-likeness (QED) is 0.421. The molecule has 0 radical (unpaired) electrons. The van der Waals surface area contributed by atoms with Gasteiger partial charge in [-0.25, -0.2) is 4.98 Å². The third kappa shape index (κ3) is 6.28. The maximum Gasteiger partial charge on any atom is 0.219 e. The van der Waals surface area contributed by atoms with Gasteiger partial charge in [-0.15, -0.1) is 23.2 Å². The molecule has 1 aromatic carbocycles. The van der Waals surface area contributed by atoms with E-state index >= 15 is 0 Å². The number of carbonyl (C=O) groups excluding carboxylic acids is 1. The summed E-state index contributed by atoms with van der Waals surface area (Å²) in [5.74, 6) is 2.37. The number of carbonyl (C=O) groups is 1. The van der Waals surface area contributed by atoms with E-state index in [1.54, 1.807) is 7.05 Å². The molecule has 0 aliphatic carbocycles. The molecule has 0 aliphatic rings. The van der Waals surface area contributed by atoms with Crippen LogP contribution in [0.25, 0.3) is 11.0 Å². The number of aryl methyl sites for hydroxylation is 2. The smallest absolute Gasteiger partial charge is 0.219 e. The summed E-state index contributed by atoms with van der Waals surface area (Å²) in [6.07, 6.45) is 5.79. The number of imidazole rings is 1. The van der Waals surface area contributed by atoms with Gasteiger partial charge in [-0.2, -0.15) is 0 Å². The Hall–Kier alpha value is -1.46. The molecule has 0 saturated carbocycles. The molecule has 0 bridgehead atoms. The average Bonchev–Trinajstić information content (AvgIpc) is 2.99. The highest BCUT2D eigenvalue weighted by molar-refractivity contribution is 6.18. The minimum atomic E-state index is 0.124. The standard InChI is InChI=1S/C20H30Cl2N4O/c1-23-20(27)8-6-4-3-5-7-19-24-17-15-16(9-10-18(17)25(19)2)26(13-11-21)14-12-22/h9-10,15H,3-8,11-14H2,1-2H3,(H,23,27). The number of amides is 1. The summed E-state index contributed by atoms with van der Waals surface area (Å²) in [4.78, 5) is 18.3. The molecule has 27 heavy (non-hydrogen) atoms. The van der Waals surface area contributed by atoms with E-state index in [-0.39, 0.29) is 5.91 Å². The van der Waals surface area contributed by atoms with Crippen LogP contribution in [0.3, 0.4) is 0 Å². The van der Waals surface area contributed by atoms with E-state index in [4.69, 9.17) is 28.2 Å². The molecule has 0 fully saturated rings. The van der Waals surface area contributed by atoms with Gasteiger partial charge in [0.25, 0.3) is 0 Å². The Labute approximate surface area is 172 Å². The molecule has 1 N–H and O–H groups in total. The average molecular weight is 413 g/mol. The number of benzene rings is 1. The normalized spacial score (nSPS) is 11.1. The zero-order chi connectivity index (χ0) is 19.6. The van der Waals surface area contributed by atoms with Gasteiger partial charge in [0.15, 0.2) is 0 Å². The van der Waals surface area contributed by atoms with Crippen molar-refractivity contribution >= 4 is 45.8 Å². The predicted molar refractivity (Wildman–Crippen MR) is 115 cm³/mol. The number of halogens is 2. The van der Waals surface area contributed by atoms with Gasteiger partial charge in [-0.3, -0.25) is 4.79 Å². The van der Waals surface area contributed by atoms with Gasteiger partial charge in [-0.05, 0) is 31.0 Å². The highest BCUT2D eigenvalue weighted by Crippen LogP contribution is 2.23. The molecule has 2 rings (SSSR count). The topological polar surface area (TPSA) is 50.2 Å². The molecule has 2 aromatic rings. The number of nitrogens with zero attached hydrogens (tertiary/aromatic N) is 3. The molecule has 5 nitrogen and oxygen atoms in total. The maximum absolute atomic E-state index is 11.2. The van der Waals surface area contributed by atoms with Crippen LogP contribution in [0.4, 0.5) is 5.69 Å². The van der Waals surface area contributed by atoms with Gasteiger partial charge in [0, 0.05) is 57.5 Å². The van der Waals surface area contributed by atoms with Crippen LogP contribution in [-0.4, -0.2) is 47.4 Å². The van der Waals surface area contributed by atoms with Gasteiger partial charge in [0.2, 0.25) is 5.91 Å². The molecule has 1 heterocycles. The van der Waals surface area contributed by atoms with E-state index in [0.29, 0.717) is 18.2 Å². The zero-order valence-electron chi connectivity index (χ0n) is 16.3. The molecule has 0 spiro atoms. The Morgan fingerprint density at radius 1 is 1.15 bits per heavy atom. The van der Waals surface area contributed by atoms with Crippen molar-refractivity contribution in [3.05, 3.63) is 24.0 Å². The first-order valence-electron chi connectivity index (χ1n) is 9.63. The number of hydrogen-bond donors (Lipinski definition) is 1. The van der Waals surface area contributed by atoms with Gasteiger partial charge in [-0.1, -0.05) is 12.8 Å². The third-order valence-corrected chi connectivity index (χ3v) is 5.20. The number of hydrogen-bond acceptors (Lipinski definition) is 3. The fourth-order valence-electron chi connectivity index (χ4n) is 3.28. The summed E-state index contributed by atoms with van der Waals surface area (Å²) in [5.41, 5.74) is 3.27. The van der Waals surface area contributed by atoms with Crippen molar-refractivity contribution in [2.75, 3.05) is 36.8 Å². The van der Waals surface area contributed by atoms with Crippen LogP contribution in [0.1, 0.15) is 37.9 Å². The second-order valence-electron chi connectivity index (χ2n) is 6.71. The van der Waals surface area contributed by atoms with Crippen molar-refractivity contribution in [2.45, 2.75) is 38.5 Å². The number of alkyl halides is 2. The van der Waals surface area contributed by atoms with Crippen molar-refractivity contribution in [3.8, 4) is 0 Å². The van der Waals surface area contributed by atoms with Gasteiger partial charge >= 0.3 is 0 Å². The summed E-state index contributed by atoms with van der Waals surface area (Å²) in [6.45, 7) is 1.55. The summed E-state index contributed by atoms with van der Waals surface area (Å²) in [7, 11) is 3.76. The van der Waals surface area contributed by atoms with Crippen LogP contribution in [0.5, 0.6) is 0 Å². The number of rotatable bonds is 12. The Morgan fingerprint density at radius 2 is 1.85 bits per heavy atom. The first kappa shape index (κ1) is 21.8. The lowest BCUT2D eigenvalue weighted by atomic mass is 10.1. The minimum absolute atomic E-state index is 0.124. The summed E-state index contributed by atoms with van der Waals surface area (Å²) in [5, 5.41) is 2.66. The van der Waals surface area contributed by atoms with E-state index in [1.165, 1.54) is 0 Å². The van der Waals surface area contributed by atoms with Crippen molar-refractivity contribution in [2.24, 2.45) is 7.05 Å². The molecule has 1 amide bonds. The van der Waals surface area contributed by atoms with Crippen LogP contribution >= 0.6 is 23.2 Å². The number of unbranched alkanes of at least 4 members (excludes halogenated alkanes) is 3. The lowest BCUT2D eigenvalue weighted by Crippen LogP contribution is -2.27. The first-order valence-corrected chi connectivity index (χ1v) is 10.7. The first-order chi connectivity index (χ1) is 13.1. The Morgan fingerprint density at radius 3 is 2.52 bits per heavy atom. The summed E-state index contributed by atoms with van der Waals surface area (Å²) >= 11 is 11.8. The Bertz CT molecular complexity index is 726. The second kappa shape index (κ2) is 11.4. The third-order valence-electron chi connectivity index (χ3n) is 4.86. The maximum atomic E-state index is 11.2. The molecular formula is C20H30Cl2N4O. The van der Waals surface area contributed by atoms with Crippen LogP contribution in [0.15, 0.2) is 18.2 Å². The number of fused-ring (bicyclic) bond motifs is 1. The predicted octanol–water partition coefficient (Wildman–Crippen LogP) is 4.10. The van der Waals surface area contributed by atoms with Gasteiger partial charge in [0.1, 0.15) is 5.82 Å². The molecule has 0 unspecified atom stereocenters. The van der Waals surface area contributed by atoms with Crippen molar-refractivity contribution in [3.63, 3.8) is 0 Å². The molecule has 0 atom stereocenters. The molecule has 0 saturated heterocycles. The summed E-state index contributed by atoms with van der Waals surface area (Å²) < 4.78 is 2.18. The van der Waals surface area contributed by atoms with Crippen molar-refractivity contribution in [1.82, 2.24) is 14.9 Å². The fraction of sp³-hybridized carbons (Fsp3) is 0.600. The molecule has 1 aromatic heterocycles. The lowest BCUT2D eigenvalue weighted by molar-refractivity contribution is -0.120. The van der Waals surface area contributed by atoms with Gasteiger partial charge < -0.3 is 14.8 Å². The van der Waals surface area contributed by atoms with Crippen molar-refractivity contribution in [1.29, 1.82) is 0 Å². The monoisotopic (exact) mass is 412 g/mol. The molecule has 0 aliphatic heterocycles. The van der Waals surface area contributed by atoms with E-state index in [2.05, 4.69) is 40.0 Å². The summed E-state index contributed by atoms with van der Waals surface area (Å²) in [6, 6.07) is 6.37. The second-order valence-corrected chi connectivity index (χ2v) is 7.47. The Kier molecular flexibility index (Phi) is 9.22. The largest absolute Gasteiger partial charge is 0.369 e. The number of anilines is 1. The van der Waals surface area contributed by atoms with Crippen LogP contribution in [-0.2, 0) is 18.3 Å². The molecule has 7 heteroatoms. The van der Waals surface area contributed by atoms with E-state index < -0.39 is 0 Å². The fourth-order valence-corrected chi connectivity index (χ4v) is 3.69. The van der Waals surface area contributed by atoms with E-state index in [9.17, 15) is 4.79 Å². The van der Waals surface area contributed by atoms with E-state index in [0.717, 1.165) is 67.7 Å². The minimum Gasteiger partial charge on any atom is -0.369 e. The number of aromatic nitrogens is 2. The Balaban J connectivity index is 1.96. The lowest BCUT2D eigenvalue weighted by Gasteiger charge is -2.22. The highest BCUT2D eigenvalue weighted by Gasteiger charge is 2.11. The van der Waals surface area contributed by atoms with Crippen LogP contribution in [0.2, 0.25) is 0 Å². The van der Waals surface area contributed by atoms with Gasteiger partial charge in [0.05, 0.1) is 11.0 Å². The molecular weight excluding hydrogens is 383 g/mol. The van der Waals surface area contributed by atoms with Crippen LogP contribution in [0, 0.1) is 0 Å². The SMILES string of the molecule is CNC(=O)CCCCCCc1nc2cc(N(CCCl)CCCl)ccc2n1C. The zero-order valence-corrected chi connectivity index (χ0v) is 17.8. The number of nitrogens with one attached hydrogen (secondary N) is 1. The highest BCUT2D eigenvalue weighted by atomic mass is 35.5.